The Balaban J connectivity index is 1.77. The fraction of sp³-hybridized carbons (Fsp3) is 0.0526. The van der Waals surface area contributed by atoms with E-state index in [0.717, 1.165) is 37.0 Å². The van der Waals surface area contributed by atoms with Crippen molar-refractivity contribution in [3.8, 4) is 0 Å². The van der Waals surface area contributed by atoms with Gasteiger partial charge in [-0.3, -0.25) is 5.10 Å². The van der Waals surface area contributed by atoms with Crippen LogP contribution >= 0.6 is 11.8 Å². The molecule has 0 aliphatic heterocycles. The highest BCUT2D eigenvalue weighted by Gasteiger charge is 2.13. The highest BCUT2D eigenvalue weighted by Crippen LogP contribution is 2.37. The average molecular weight is 380 g/mol. The number of aromatic amines is 1. The Morgan fingerprint density at radius 3 is 2.50 bits per heavy atom. The molecule has 1 atom stereocenters. The minimum absolute atomic E-state index is 0.721. The normalized spacial score (nSPS) is 12.2. The smallest absolute Gasteiger partial charge is 0.188 e. The molecule has 1 heterocycles. The molecule has 1 aromatic heterocycles. The van der Waals surface area contributed by atoms with Gasteiger partial charge in [0.1, 0.15) is 17.3 Å². The highest BCUT2D eigenvalue weighted by atomic mass is 32.2. The van der Waals surface area contributed by atoms with Crippen molar-refractivity contribution in [3.63, 3.8) is 0 Å². The average Bonchev–Trinajstić information content (AvgIpc) is 3.19. The SMILES string of the molecule is Cc1c(Sc2ncn[nH]2)cc(NS(=O)c2ccccc2)c2ccccc12. The van der Waals surface area contributed by atoms with Crippen molar-refractivity contribution in [1.29, 1.82) is 0 Å². The summed E-state index contributed by atoms with van der Waals surface area (Å²) in [5, 5.41) is 9.64. The molecule has 3 aromatic carbocycles. The molecule has 130 valence electrons. The first-order valence-corrected chi connectivity index (χ1v) is 9.98. The van der Waals surface area contributed by atoms with Crippen molar-refractivity contribution in [3.05, 3.63) is 72.6 Å². The summed E-state index contributed by atoms with van der Waals surface area (Å²) in [4.78, 5) is 5.96. The number of benzene rings is 3. The fourth-order valence-electron chi connectivity index (χ4n) is 2.74. The quantitative estimate of drug-likeness (QED) is 0.533. The maximum atomic E-state index is 12.7. The minimum atomic E-state index is -1.34. The maximum absolute atomic E-state index is 12.7. The van der Waals surface area contributed by atoms with E-state index in [4.69, 9.17) is 0 Å². The molecule has 0 fully saturated rings. The summed E-state index contributed by atoms with van der Waals surface area (Å²) >= 11 is 1.50. The third kappa shape index (κ3) is 3.36. The molecule has 4 aromatic rings. The lowest BCUT2D eigenvalue weighted by atomic mass is 10.0. The molecular formula is C19H16N4OS2. The Bertz CT molecular complexity index is 1070. The first-order valence-electron chi connectivity index (χ1n) is 8.01. The van der Waals surface area contributed by atoms with Crippen molar-refractivity contribution in [2.24, 2.45) is 0 Å². The Kier molecular flexibility index (Phi) is 4.73. The molecule has 1 unspecified atom stereocenters. The van der Waals surface area contributed by atoms with Crippen LogP contribution in [0.25, 0.3) is 10.8 Å². The number of H-pyrrole nitrogens is 1. The lowest BCUT2D eigenvalue weighted by Crippen LogP contribution is -2.05. The summed E-state index contributed by atoms with van der Waals surface area (Å²) in [7, 11) is -1.34. The third-order valence-corrected chi connectivity index (χ3v) is 6.17. The van der Waals surface area contributed by atoms with Gasteiger partial charge in [0, 0.05) is 10.3 Å². The second-order valence-electron chi connectivity index (χ2n) is 5.67. The number of anilines is 1. The maximum Gasteiger partial charge on any atom is 0.188 e. The van der Waals surface area contributed by atoms with Gasteiger partial charge in [0.15, 0.2) is 5.16 Å². The summed E-state index contributed by atoms with van der Waals surface area (Å²) in [5.41, 5.74) is 1.98. The van der Waals surface area contributed by atoms with E-state index in [1.54, 1.807) is 0 Å². The standard InChI is InChI=1S/C19H16N4OS2/c1-13-15-9-5-6-10-16(15)17(11-18(13)25-19-20-12-21-22-19)23-26(24)14-7-3-2-4-8-14/h2-12,23H,1H3,(H,20,21,22). The van der Waals surface area contributed by atoms with Crippen molar-refractivity contribution in [1.82, 2.24) is 15.2 Å². The molecule has 0 saturated heterocycles. The van der Waals surface area contributed by atoms with E-state index >= 15 is 0 Å². The van der Waals surface area contributed by atoms with E-state index in [-0.39, 0.29) is 0 Å². The number of hydrogen-bond acceptors (Lipinski definition) is 4. The zero-order chi connectivity index (χ0) is 17.9. The Hall–Kier alpha value is -2.64. The zero-order valence-corrected chi connectivity index (χ0v) is 15.6. The van der Waals surface area contributed by atoms with E-state index in [1.807, 2.05) is 54.6 Å². The molecule has 0 aliphatic rings. The van der Waals surface area contributed by atoms with E-state index in [2.05, 4.69) is 32.9 Å². The minimum Gasteiger partial charge on any atom is -0.300 e. The molecule has 26 heavy (non-hydrogen) atoms. The first-order chi connectivity index (χ1) is 12.7. The molecule has 0 saturated carbocycles. The molecule has 0 radical (unpaired) electrons. The molecule has 0 spiro atoms. The van der Waals surface area contributed by atoms with Crippen molar-refractivity contribution >= 4 is 39.2 Å². The van der Waals surface area contributed by atoms with Gasteiger partial charge in [-0.25, -0.2) is 9.19 Å². The van der Waals surface area contributed by atoms with Crippen LogP contribution in [0.15, 0.2) is 81.9 Å². The zero-order valence-electron chi connectivity index (χ0n) is 14.0. The van der Waals surface area contributed by atoms with Gasteiger partial charge >= 0.3 is 0 Å². The van der Waals surface area contributed by atoms with Crippen molar-refractivity contribution in [2.75, 3.05) is 4.72 Å². The predicted octanol–water partition coefficient (Wildman–Crippen LogP) is 4.55. The van der Waals surface area contributed by atoms with Gasteiger partial charge in [-0.1, -0.05) is 42.5 Å². The van der Waals surface area contributed by atoms with Crippen LogP contribution in [0, 0.1) is 6.92 Å². The molecule has 0 bridgehead atoms. The van der Waals surface area contributed by atoms with E-state index in [9.17, 15) is 4.21 Å². The molecule has 4 rings (SSSR count). The van der Waals surface area contributed by atoms with Gasteiger partial charge in [0.05, 0.1) is 10.6 Å². The first kappa shape index (κ1) is 16.8. The lowest BCUT2D eigenvalue weighted by molar-refractivity contribution is 0.686. The predicted molar refractivity (Wildman–Crippen MR) is 106 cm³/mol. The number of nitrogens with one attached hydrogen (secondary N) is 2. The van der Waals surface area contributed by atoms with Crippen LogP contribution in [0.5, 0.6) is 0 Å². The van der Waals surface area contributed by atoms with Crippen LogP contribution in [-0.4, -0.2) is 19.4 Å². The Morgan fingerprint density at radius 2 is 1.77 bits per heavy atom. The van der Waals surface area contributed by atoms with Gasteiger partial charge < -0.3 is 4.72 Å². The molecule has 5 nitrogen and oxygen atoms in total. The summed E-state index contributed by atoms with van der Waals surface area (Å²) in [6, 6.07) is 19.5. The molecular weight excluding hydrogens is 364 g/mol. The van der Waals surface area contributed by atoms with Gasteiger partial charge in [-0.05, 0) is 47.8 Å². The molecule has 0 aliphatic carbocycles. The Morgan fingerprint density at radius 1 is 1.04 bits per heavy atom. The third-order valence-electron chi connectivity index (χ3n) is 4.03. The number of rotatable bonds is 5. The summed E-state index contributed by atoms with van der Waals surface area (Å²) in [6.07, 6.45) is 1.49. The number of fused-ring (bicyclic) bond motifs is 1. The second kappa shape index (κ2) is 7.31. The van der Waals surface area contributed by atoms with Gasteiger partial charge in [0.2, 0.25) is 0 Å². The number of hydrogen-bond donors (Lipinski definition) is 2. The van der Waals surface area contributed by atoms with Crippen molar-refractivity contribution in [2.45, 2.75) is 21.9 Å². The molecule has 0 amide bonds. The molecule has 2 N–H and O–H groups in total. The number of aryl methyl sites for hydroxylation is 1. The van der Waals surface area contributed by atoms with Crippen LogP contribution in [-0.2, 0) is 11.0 Å². The topological polar surface area (TPSA) is 70.7 Å². The monoisotopic (exact) mass is 380 g/mol. The van der Waals surface area contributed by atoms with Gasteiger partial charge in [0.25, 0.3) is 0 Å². The van der Waals surface area contributed by atoms with Crippen molar-refractivity contribution < 1.29 is 4.21 Å². The van der Waals surface area contributed by atoms with Crippen LogP contribution in [0.3, 0.4) is 0 Å². The molecule has 7 heteroatoms. The van der Waals surface area contributed by atoms with E-state index in [1.165, 1.54) is 18.1 Å². The van der Waals surface area contributed by atoms with Gasteiger partial charge in [-0.2, -0.15) is 5.10 Å². The van der Waals surface area contributed by atoms with E-state index < -0.39 is 11.0 Å². The number of aromatic nitrogens is 3. The van der Waals surface area contributed by atoms with Crippen LogP contribution < -0.4 is 4.72 Å². The summed E-state index contributed by atoms with van der Waals surface area (Å²) < 4.78 is 15.9. The number of nitrogens with zero attached hydrogens (tertiary/aromatic N) is 2. The largest absolute Gasteiger partial charge is 0.300 e. The van der Waals surface area contributed by atoms with Crippen LogP contribution in [0.1, 0.15) is 5.56 Å². The van der Waals surface area contributed by atoms with Crippen LogP contribution in [0.2, 0.25) is 0 Å². The Labute approximate surface area is 157 Å². The summed E-state index contributed by atoms with van der Waals surface area (Å²) in [6.45, 7) is 2.08. The summed E-state index contributed by atoms with van der Waals surface area (Å²) in [5.74, 6) is 0. The fourth-order valence-corrected chi connectivity index (χ4v) is 4.47. The highest BCUT2D eigenvalue weighted by molar-refractivity contribution is 7.99. The lowest BCUT2D eigenvalue weighted by Gasteiger charge is -2.14. The second-order valence-corrected chi connectivity index (χ2v) is 7.91. The van der Waals surface area contributed by atoms with Crippen LogP contribution in [0.4, 0.5) is 5.69 Å². The van der Waals surface area contributed by atoms with Gasteiger partial charge in [-0.15, -0.1) is 0 Å². The van der Waals surface area contributed by atoms with E-state index in [0.29, 0.717) is 0 Å².